The minimum absolute atomic E-state index is 0.435. The molecule has 1 aromatic heterocycles. The number of aromatic nitrogens is 2. The van der Waals surface area contributed by atoms with E-state index in [0.717, 1.165) is 24.7 Å². The van der Waals surface area contributed by atoms with Crippen molar-refractivity contribution in [3.63, 3.8) is 0 Å². The minimum atomic E-state index is 0.435. The fraction of sp³-hybridized carbons (Fsp3) is 0.667. The molecule has 5 nitrogen and oxygen atoms in total. The number of hydrogen-bond acceptors (Lipinski definition) is 5. The molecule has 1 fully saturated rings. The first kappa shape index (κ1) is 12.1. The van der Waals surface area contributed by atoms with E-state index in [1.165, 1.54) is 0 Å². The summed E-state index contributed by atoms with van der Waals surface area (Å²) >= 11 is 0. The van der Waals surface area contributed by atoms with Crippen LogP contribution in [0.4, 0.5) is 5.82 Å². The third-order valence-electron chi connectivity index (χ3n) is 3.07. The number of anilines is 1. The predicted octanol–water partition coefficient (Wildman–Crippen LogP) is 0.980. The molecule has 5 heteroatoms. The third-order valence-corrected chi connectivity index (χ3v) is 3.07. The van der Waals surface area contributed by atoms with Gasteiger partial charge in [0.15, 0.2) is 0 Å². The summed E-state index contributed by atoms with van der Waals surface area (Å²) < 4.78 is 5.20. The Kier molecular flexibility index (Phi) is 3.47. The van der Waals surface area contributed by atoms with Gasteiger partial charge < -0.3 is 15.0 Å². The first-order chi connectivity index (χ1) is 8.10. The molecule has 2 atom stereocenters. The Labute approximate surface area is 102 Å². The summed E-state index contributed by atoms with van der Waals surface area (Å²) in [7, 11) is 1.63. The van der Waals surface area contributed by atoms with Gasteiger partial charge in [0.25, 0.3) is 0 Å². The van der Waals surface area contributed by atoms with Crippen molar-refractivity contribution >= 4 is 5.82 Å². The van der Waals surface area contributed by atoms with E-state index >= 15 is 0 Å². The first-order valence-corrected chi connectivity index (χ1v) is 6.00. The van der Waals surface area contributed by atoms with Gasteiger partial charge in [0.05, 0.1) is 7.11 Å². The van der Waals surface area contributed by atoms with Gasteiger partial charge in [-0.15, -0.1) is 0 Å². The zero-order valence-corrected chi connectivity index (χ0v) is 10.9. The third kappa shape index (κ3) is 2.66. The maximum atomic E-state index is 5.20. The molecule has 0 radical (unpaired) electrons. The number of aryl methyl sites for hydroxylation is 1. The molecule has 0 bridgehead atoms. The van der Waals surface area contributed by atoms with Gasteiger partial charge in [-0.1, -0.05) is 0 Å². The van der Waals surface area contributed by atoms with Gasteiger partial charge in [0.1, 0.15) is 11.6 Å². The molecule has 0 aromatic carbocycles. The molecule has 0 amide bonds. The summed E-state index contributed by atoms with van der Waals surface area (Å²) in [6, 6.07) is 2.82. The normalized spacial score (nSPS) is 24.8. The molecule has 0 saturated carbocycles. The molecule has 0 aliphatic carbocycles. The molecule has 0 spiro atoms. The minimum Gasteiger partial charge on any atom is -0.481 e. The molecule has 1 N–H and O–H groups in total. The van der Waals surface area contributed by atoms with Crippen LogP contribution in [0.5, 0.6) is 5.88 Å². The van der Waals surface area contributed by atoms with Crippen LogP contribution < -0.4 is 15.0 Å². The summed E-state index contributed by atoms with van der Waals surface area (Å²) in [4.78, 5) is 11.0. The molecule has 1 saturated heterocycles. The van der Waals surface area contributed by atoms with Gasteiger partial charge in [0, 0.05) is 31.2 Å². The predicted molar refractivity (Wildman–Crippen MR) is 67.6 cm³/mol. The smallest absolute Gasteiger partial charge is 0.218 e. The van der Waals surface area contributed by atoms with Crippen LogP contribution in [0.1, 0.15) is 19.7 Å². The van der Waals surface area contributed by atoms with E-state index in [0.29, 0.717) is 18.0 Å². The Hall–Kier alpha value is -1.36. The lowest BCUT2D eigenvalue weighted by atomic mass is 10.1. The van der Waals surface area contributed by atoms with Crippen LogP contribution in [0.15, 0.2) is 6.07 Å². The van der Waals surface area contributed by atoms with Crippen molar-refractivity contribution in [2.45, 2.75) is 32.9 Å². The van der Waals surface area contributed by atoms with Crippen molar-refractivity contribution in [2.24, 2.45) is 0 Å². The lowest BCUT2D eigenvalue weighted by Gasteiger charge is -2.38. The van der Waals surface area contributed by atoms with Gasteiger partial charge >= 0.3 is 0 Å². The zero-order valence-electron chi connectivity index (χ0n) is 10.9. The molecule has 1 aliphatic heterocycles. The van der Waals surface area contributed by atoms with Gasteiger partial charge in [-0.25, -0.2) is 4.98 Å². The Morgan fingerprint density at radius 3 is 2.88 bits per heavy atom. The molecule has 17 heavy (non-hydrogen) atoms. The number of methoxy groups -OCH3 is 1. The zero-order chi connectivity index (χ0) is 12.4. The second-order valence-electron chi connectivity index (χ2n) is 4.63. The highest BCUT2D eigenvalue weighted by Gasteiger charge is 2.24. The van der Waals surface area contributed by atoms with E-state index < -0.39 is 0 Å². The number of ether oxygens (including phenoxy) is 1. The molecule has 1 aliphatic rings. The second kappa shape index (κ2) is 4.87. The molecule has 94 valence electrons. The number of nitrogens with one attached hydrogen (secondary N) is 1. The number of piperazine rings is 1. The van der Waals surface area contributed by atoms with Crippen molar-refractivity contribution in [2.75, 3.05) is 25.1 Å². The van der Waals surface area contributed by atoms with E-state index in [1.807, 2.05) is 13.0 Å². The Morgan fingerprint density at radius 2 is 2.18 bits per heavy atom. The summed E-state index contributed by atoms with van der Waals surface area (Å²) in [5, 5.41) is 3.46. The van der Waals surface area contributed by atoms with Gasteiger partial charge in [-0.2, -0.15) is 4.98 Å². The SMILES string of the molecule is COc1cc(N2CC(C)NCC2C)nc(C)n1. The topological polar surface area (TPSA) is 50.3 Å². The first-order valence-electron chi connectivity index (χ1n) is 6.00. The monoisotopic (exact) mass is 236 g/mol. The average molecular weight is 236 g/mol. The Balaban J connectivity index is 2.28. The van der Waals surface area contributed by atoms with Crippen molar-refractivity contribution in [3.8, 4) is 5.88 Å². The lowest BCUT2D eigenvalue weighted by Crippen LogP contribution is -2.54. The fourth-order valence-electron chi connectivity index (χ4n) is 2.12. The van der Waals surface area contributed by atoms with E-state index in [2.05, 4.69) is 34.0 Å². The fourth-order valence-corrected chi connectivity index (χ4v) is 2.12. The van der Waals surface area contributed by atoms with Crippen LogP contribution in [0, 0.1) is 6.92 Å². The van der Waals surface area contributed by atoms with Gasteiger partial charge in [-0.3, -0.25) is 0 Å². The van der Waals surface area contributed by atoms with Crippen molar-refractivity contribution in [3.05, 3.63) is 11.9 Å². The van der Waals surface area contributed by atoms with Crippen LogP contribution in [0.25, 0.3) is 0 Å². The summed E-state index contributed by atoms with van der Waals surface area (Å²) in [6.45, 7) is 8.21. The van der Waals surface area contributed by atoms with Crippen molar-refractivity contribution in [1.29, 1.82) is 0 Å². The Bertz CT molecular complexity index is 396. The molecular weight excluding hydrogens is 216 g/mol. The van der Waals surface area contributed by atoms with E-state index in [1.54, 1.807) is 7.11 Å². The molecular formula is C12H20N4O. The van der Waals surface area contributed by atoms with Crippen LogP contribution in [0.3, 0.4) is 0 Å². The van der Waals surface area contributed by atoms with Crippen molar-refractivity contribution in [1.82, 2.24) is 15.3 Å². The quantitative estimate of drug-likeness (QED) is 0.829. The summed E-state index contributed by atoms with van der Waals surface area (Å²) in [6.07, 6.45) is 0. The van der Waals surface area contributed by atoms with E-state index in [4.69, 9.17) is 4.74 Å². The maximum absolute atomic E-state index is 5.20. The highest BCUT2D eigenvalue weighted by molar-refractivity contribution is 5.43. The standard InChI is InChI=1S/C12H20N4O/c1-8-7-16(9(2)6-13-8)11-5-12(17-4)15-10(3)14-11/h5,8-9,13H,6-7H2,1-4H3. The van der Waals surface area contributed by atoms with Gasteiger partial charge in [0.2, 0.25) is 5.88 Å². The highest BCUT2D eigenvalue weighted by Crippen LogP contribution is 2.21. The summed E-state index contributed by atoms with van der Waals surface area (Å²) in [5.41, 5.74) is 0. The van der Waals surface area contributed by atoms with Crippen LogP contribution in [-0.4, -0.2) is 42.3 Å². The average Bonchev–Trinajstić information content (AvgIpc) is 2.31. The molecule has 2 rings (SSSR count). The molecule has 2 heterocycles. The second-order valence-corrected chi connectivity index (χ2v) is 4.63. The van der Waals surface area contributed by atoms with Crippen LogP contribution in [-0.2, 0) is 0 Å². The van der Waals surface area contributed by atoms with E-state index in [9.17, 15) is 0 Å². The van der Waals surface area contributed by atoms with Crippen LogP contribution >= 0.6 is 0 Å². The van der Waals surface area contributed by atoms with Crippen molar-refractivity contribution < 1.29 is 4.74 Å². The van der Waals surface area contributed by atoms with Crippen LogP contribution in [0.2, 0.25) is 0 Å². The highest BCUT2D eigenvalue weighted by atomic mass is 16.5. The largest absolute Gasteiger partial charge is 0.481 e. The lowest BCUT2D eigenvalue weighted by molar-refractivity contribution is 0.392. The Morgan fingerprint density at radius 1 is 1.41 bits per heavy atom. The van der Waals surface area contributed by atoms with E-state index in [-0.39, 0.29) is 0 Å². The van der Waals surface area contributed by atoms with Gasteiger partial charge in [-0.05, 0) is 20.8 Å². The molecule has 2 unspecified atom stereocenters. The maximum Gasteiger partial charge on any atom is 0.218 e. The number of hydrogen-bond donors (Lipinski definition) is 1. The number of nitrogens with zero attached hydrogens (tertiary/aromatic N) is 3. The number of rotatable bonds is 2. The molecule has 1 aromatic rings. The summed E-state index contributed by atoms with van der Waals surface area (Å²) in [5.74, 6) is 2.33.